The Kier molecular flexibility index (Phi) is 5.57. The van der Waals surface area contributed by atoms with Gasteiger partial charge in [0.2, 0.25) is 5.91 Å². The molecule has 0 aliphatic heterocycles. The van der Waals surface area contributed by atoms with Gasteiger partial charge in [-0.15, -0.1) is 0 Å². The molecule has 0 fully saturated rings. The number of nitrogen functional groups attached to an aromatic ring is 1. The van der Waals surface area contributed by atoms with E-state index in [9.17, 15) is 10.1 Å². The Morgan fingerprint density at radius 1 is 1.00 bits per heavy atom. The molecule has 4 aromatic rings. The number of rotatable bonds is 4. The molecule has 2 heterocycles. The number of aromatic nitrogens is 2. The van der Waals surface area contributed by atoms with Crippen LogP contribution < -0.4 is 10.6 Å². The van der Waals surface area contributed by atoms with Crippen molar-refractivity contribution in [3.05, 3.63) is 78.1 Å². The summed E-state index contributed by atoms with van der Waals surface area (Å²) in [5.41, 5.74) is 11.1. The largest absolute Gasteiger partial charge is 0.384 e. The first-order chi connectivity index (χ1) is 15.7. The molecule has 6 heteroatoms. The highest BCUT2D eigenvalue weighted by atomic mass is 16.2. The second-order valence-electron chi connectivity index (χ2n) is 8.63. The molecular formula is C27H25N5O. The van der Waals surface area contributed by atoms with Gasteiger partial charge in [-0.05, 0) is 73.9 Å². The molecule has 4 rings (SSSR count). The number of carbonyl (C=O) groups excluding carboxylic acids is 1. The molecule has 0 radical (unpaired) electrons. The number of carbonyl (C=O) groups is 1. The van der Waals surface area contributed by atoms with Crippen LogP contribution in [0, 0.1) is 18.3 Å². The van der Waals surface area contributed by atoms with Crippen molar-refractivity contribution in [3.8, 4) is 17.2 Å². The maximum atomic E-state index is 12.9. The number of pyridine rings is 2. The summed E-state index contributed by atoms with van der Waals surface area (Å²) >= 11 is 0. The van der Waals surface area contributed by atoms with Gasteiger partial charge in [0.15, 0.2) is 0 Å². The van der Waals surface area contributed by atoms with Crippen LogP contribution in [0.1, 0.15) is 31.9 Å². The lowest BCUT2D eigenvalue weighted by atomic mass is 9.86. The van der Waals surface area contributed by atoms with Gasteiger partial charge in [-0.25, -0.2) is 4.98 Å². The van der Waals surface area contributed by atoms with Crippen LogP contribution in [0.4, 0.5) is 17.2 Å². The van der Waals surface area contributed by atoms with E-state index in [-0.39, 0.29) is 5.91 Å². The summed E-state index contributed by atoms with van der Waals surface area (Å²) in [6, 6.07) is 19.5. The number of fused-ring (bicyclic) bond motifs is 1. The molecule has 0 aliphatic rings. The number of nitriles is 1. The second kappa shape index (κ2) is 8.36. The minimum absolute atomic E-state index is 0.113. The highest BCUT2D eigenvalue weighted by molar-refractivity contribution is 6.08. The molecule has 2 aromatic carbocycles. The first-order valence-corrected chi connectivity index (χ1v) is 10.6. The molecule has 2 aromatic heterocycles. The van der Waals surface area contributed by atoms with Crippen LogP contribution in [0.3, 0.4) is 0 Å². The normalized spacial score (nSPS) is 11.2. The van der Waals surface area contributed by atoms with Gasteiger partial charge in [0, 0.05) is 36.0 Å². The number of anilines is 3. The van der Waals surface area contributed by atoms with Gasteiger partial charge in [-0.1, -0.05) is 18.2 Å². The van der Waals surface area contributed by atoms with Crippen molar-refractivity contribution in [1.29, 1.82) is 5.26 Å². The number of hydrogen-bond acceptors (Lipinski definition) is 5. The predicted molar refractivity (Wildman–Crippen MR) is 132 cm³/mol. The number of amides is 1. The molecule has 0 aliphatic carbocycles. The van der Waals surface area contributed by atoms with Crippen LogP contribution >= 0.6 is 0 Å². The smallest absolute Gasteiger partial charge is 0.228 e. The van der Waals surface area contributed by atoms with E-state index in [0.717, 1.165) is 44.5 Å². The van der Waals surface area contributed by atoms with Gasteiger partial charge in [-0.3, -0.25) is 14.7 Å². The highest BCUT2D eigenvalue weighted by Gasteiger charge is 2.23. The lowest BCUT2D eigenvalue weighted by Crippen LogP contribution is -2.24. The highest BCUT2D eigenvalue weighted by Crippen LogP contribution is 2.37. The molecule has 6 nitrogen and oxygen atoms in total. The molecule has 33 heavy (non-hydrogen) atoms. The first-order valence-electron chi connectivity index (χ1n) is 10.6. The van der Waals surface area contributed by atoms with Crippen molar-refractivity contribution >= 4 is 34.0 Å². The molecule has 0 unspecified atom stereocenters. The third-order valence-electron chi connectivity index (χ3n) is 5.81. The van der Waals surface area contributed by atoms with Crippen LogP contribution in [0.2, 0.25) is 0 Å². The minimum atomic E-state index is -0.610. The fourth-order valence-corrected chi connectivity index (χ4v) is 3.89. The molecule has 0 atom stereocenters. The minimum Gasteiger partial charge on any atom is -0.384 e. The number of nitrogens with zero attached hydrogens (tertiary/aromatic N) is 4. The van der Waals surface area contributed by atoms with E-state index in [0.29, 0.717) is 5.82 Å². The van der Waals surface area contributed by atoms with Gasteiger partial charge in [0.1, 0.15) is 5.82 Å². The molecule has 1 amide bonds. The van der Waals surface area contributed by atoms with Crippen molar-refractivity contribution < 1.29 is 4.79 Å². The van der Waals surface area contributed by atoms with Gasteiger partial charge in [0.25, 0.3) is 0 Å². The Morgan fingerprint density at radius 3 is 2.30 bits per heavy atom. The fourth-order valence-electron chi connectivity index (χ4n) is 3.89. The van der Waals surface area contributed by atoms with Crippen molar-refractivity contribution in [1.82, 2.24) is 9.97 Å². The molecule has 0 saturated carbocycles. The van der Waals surface area contributed by atoms with Gasteiger partial charge in [-0.2, -0.15) is 5.26 Å². The van der Waals surface area contributed by atoms with Crippen LogP contribution in [0.25, 0.3) is 22.0 Å². The van der Waals surface area contributed by atoms with E-state index < -0.39 is 5.41 Å². The molecule has 164 valence electrons. The van der Waals surface area contributed by atoms with Crippen molar-refractivity contribution in [2.75, 3.05) is 10.6 Å². The maximum Gasteiger partial charge on any atom is 0.228 e. The van der Waals surface area contributed by atoms with E-state index in [1.54, 1.807) is 30.3 Å². The predicted octanol–water partition coefficient (Wildman–Crippen LogP) is 5.67. The number of benzene rings is 2. The lowest BCUT2D eigenvalue weighted by Gasteiger charge is -2.26. The zero-order valence-electron chi connectivity index (χ0n) is 19.1. The molecular weight excluding hydrogens is 410 g/mol. The van der Waals surface area contributed by atoms with Crippen molar-refractivity contribution in [2.45, 2.75) is 33.1 Å². The Bertz CT molecular complexity index is 1380. The van der Waals surface area contributed by atoms with E-state index in [2.05, 4.69) is 16.0 Å². The van der Waals surface area contributed by atoms with E-state index in [1.165, 1.54) is 0 Å². The number of nitrogens with two attached hydrogens (primary N) is 1. The quantitative estimate of drug-likeness (QED) is 0.445. The average Bonchev–Trinajstić information content (AvgIpc) is 2.81. The number of hydrogen-bond donors (Lipinski definition) is 1. The van der Waals surface area contributed by atoms with E-state index in [1.807, 2.05) is 69.3 Å². The summed E-state index contributed by atoms with van der Waals surface area (Å²) in [5.74, 6) is 0.348. The summed E-state index contributed by atoms with van der Waals surface area (Å²) in [6.07, 6.45) is 3.52. The van der Waals surface area contributed by atoms with Crippen LogP contribution in [0.15, 0.2) is 67.0 Å². The lowest BCUT2D eigenvalue weighted by molar-refractivity contribution is -0.115. The summed E-state index contributed by atoms with van der Waals surface area (Å²) in [6.45, 7) is 7.24. The zero-order chi connectivity index (χ0) is 23.8. The number of aryl methyl sites for hydroxylation is 1. The Labute approximate surface area is 193 Å². The van der Waals surface area contributed by atoms with E-state index in [4.69, 9.17) is 5.73 Å². The van der Waals surface area contributed by atoms with Crippen LogP contribution in [0.5, 0.6) is 0 Å². The summed E-state index contributed by atoms with van der Waals surface area (Å²) in [7, 11) is 0. The molecule has 0 bridgehead atoms. The van der Waals surface area contributed by atoms with Gasteiger partial charge >= 0.3 is 0 Å². The third kappa shape index (κ3) is 4.13. The third-order valence-corrected chi connectivity index (χ3v) is 5.81. The van der Waals surface area contributed by atoms with Gasteiger partial charge in [0.05, 0.1) is 22.7 Å². The van der Waals surface area contributed by atoms with Crippen molar-refractivity contribution in [2.24, 2.45) is 0 Å². The second-order valence-corrected chi connectivity index (χ2v) is 8.63. The van der Waals surface area contributed by atoms with Gasteiger partial charge < -0.3 is 5.73 Å². The Balaban J connectivity index is 1.89. The maximum absolute atomic E-state index is 12.9. The Morgan fingerprint density at radius 2 is 1.70 bits per heavy atom. The Hall–Kier alpha value is -4.24. The summed E-state index contributed by atoms with van der Waals surface area (Å²) < 4.78 is 0. The van der Waals surface area contributed by atoms with Crippen molar-refractivity contribution in [3.63, 3.8) is 0 Å². The van der Waals surface area contributed by atoms with E-state index >= 15 is 0 Å². The summed E-state index contributed by atoms with van der Waals surface area (Å²) in [4.78, 5) is 23.4. The SMILES string of the molecule is CC(=O)N(c1ccc(C(C)(C)C#N)cc1)c1c(C)cnc2ccc(-c3ccc(N)nc3)cc12. The topological polar surface area (TPSA) is 95.9 Å². The molecule has 0 saturated heterocycles. The average molecular weight is 436 g/mol. The van der Waals surface area contributed by atoms with Crippen LogP contribution in [-0.4, -0.2) is 15.9 Å². The van der Waals surface area contributed by atoms with Crippen LogP contribution in [-0.2, 0) is 10.2 Å². The standard InChI is InChI=1S/C27H25N5O/c1-17-14-30-24-11-5-19(20-6-12-25(29)31-15-20)13-23(24)26(17)32(18(2)33)22-9-7-21(8-10-22)27(3,4)16-28/h5-15H,1-4H3,(H2,29,31). The zero-order valence-corrected chi connectivity index (χ0v) is 19.1. The first kappa shape index (κ1) is 22.0. The fraction of sp³-hybridized carbons (Fsp3) is 0.185. The molecule has 2 N–H and O–H groups in total. The summed E-state index contributed by atoms with van der Waals surface area (Å²) in [5, 5.41) is 10.3. The molecule has 0 spiro atoms. The monoisotopic (exact) mass is 435 g/mol.